The first-order valence-electron chi connectivity index (χ1n) is 3.65. The quantitative estimate of drug-likeness (QED) is 0.788. The number of nitrogens with two attached hydrogens (primary N) is 1. The molecule has 0 saturated carbocycles. The highest BCUT2D eigenvalue weighted by atomic mass is 32.2. The highest BCUT2D eigenvalue weighted by molar-refractivity contribution is 7.89. The first kappa shape index (κ1) is 11.2. The molecule has 2 N–H and O–H groups in total. The van der Waals surface area contributed by atoms with Crippen molar-refractivity contribution in [1.29, 1.82) is 0 Å². The van der Waals surface area contributed by atoms with Crippen molar-refractivity contribution in [2.75, 3.05) is 14.1 Å². The number of hydrogen-bond acceptors (Lipinski definition) is 4. The molecule has 0 spiro atoms. The van der Waals surface area contributed by atoms with Crippen LogP contribution in [0.15, 0.2) is 16.3 Å². The smallest absolute Gasteiger partial charge is 0.263 e. The fourth-order valence-corrected chi connectivity index (χ4v) is 2.63. The van der Waals surface area contributed by atoms with E-state index in [1.54, 1.807) is 14.1 Å². The van der Waals surface area contributed by atoms with Crippen molar-refractivity contribution in [3.05, 3.63) is 16.3 Å². The molecule has 5 nitrogen and oxygen atoms in total. The molecular formula is C7H10N2O3S2. The molecule has 0 radical (unpaired) electrons. The maximum absolute atomic E-state index is 11.4. The lowest BCUT2D eigenvalue weighted by Gasteiger charge is -2.06. The van der Waals surface area contributed by atoms with Crippen LogP contribution in [0.25, 0.3) is 0 Å². The summed E-state index contributed by atoms with van der Waals surface area (Å²) < 4.78 is 21.8. The van der Waals surface area contributed by atoms with E-state index in [0.29, 0.717) is 4.88 Å². The summed E-state index contributed by atoms with van der Waals surface area (Å²) in [6.07, 6.45) is 0. The van der Waals surface area contributed by atoms with Crippen LogP contribution in [0.5, 0.6) is 0 Å². The van der Waals surface area contributed by atoms with Crippen LogP contribution in [0, 0.1) is 0 Å². The van der Waals surface area contributed by atoms with Crippen molar-refractivity contribution in [1.82, 2.24) is 4.90 Å². The predicted molar refractivity (Wildman–Crippen MR) is 53.7 cm³/mol. The monoisotopic (exact) mass is 234 g/mol. The summed E-state index contributed by atoms with van der Waals surface area (Å²) in [5.41, 5.74) is 0. The second kappa shape index (κ2) is 3.68. The van der Waals surface area contributed by atoms with E-state index in [0.717, 1.165) is 11.3 Å². The second-order valence-electron chi connectivity index (χ2n) is 2.89. The lowest BCUT2D eigenvalue weighted by atomic mass is 10.4. The fraction of sp³-hybridized carbons (Fsp3) is 0.286. The van der Waals surface area contributed by atoms with Crippen LogP contribution in [0.4, 0.5) is 0 Å². The summed E-state index contributed by atoms with van der Waals surface area (Å²) >= 11 is 1.06. The molecule has 78 valence electrons. The van der Waals surface area contributed by atoms with Gasteiger partial charge < -0.3 is 4.90 Å². The molecule has 0 aliphatic heterocycles. The third-order valence-corrected chi connectivity index (χ3v) is 3.48. The van der Waals surface area contributed by atoms with Crippen molar-refractivity contribution in [3.8, 4) is 0 Å². The second-order valence-corrected chi connectivity index (χ2v) is 5.36. The molecule has 1 aromatic rings. The average Bonchev–Trinajstić information content (AvgIpc) is 2.49. The molecule has 7 heteroatoms. The summed E-state index contributed by atoms with van der Waals surface area (Å²) in [6, 6.07) is 1.28. The minimum Gasteiger partial charge on any atom is -0.344 e. The Balaban J connectivity index is 3.07. The van der Waals surface area contributed by atoms with Gasteiger partial charge in [-0.1, -0.05) is 0 Å². The van der Waals surface area contributed by atoms with Gasteiger partial charge in [0.2, 0.25) is 10.0 Å². The van der Waals surface area contributed by atoms with Crippen LogP contribution < -0.4 is 5.14 Å². The Hall–Kier alpha value is -0.920. The van der Waals surface area contributed by atoms with Crippen LogP contribution in [-0.4, -0.2) is 33.3 Å². The van der Waals surface area contributed by atoms with Gasteiger partial charge in [0.15, 0.2) is 0 Å². The van der Waals surface area contributed by atoms with Crippen LogP contribution >= 0.6 is 11.3 Å². The van der Waals surface area contributed by atoms with Gasteiger partial charge in [-0.05, 0) is 6.07 Å². The van der Waals surface area contributed by atoms with Crippen LogP contribution in [-0.2, 0) is 10.0 Å². The number of primary sulfonamides is 1. The third-order valence-electron chi connectivity index (χ3n) is 1.52. The molecule has 1 heterocycles. The van der Waals surface area contributed by atoms with E-state index in [2.05, 4.69) is 0 Å². The van der Waals surface area contributed by atoms with Gasteiger partial charge in [-0.15, -0.1) is 11.3 Å². The van der Waals surface area contributed by atoms with Gasteiger partial charge in [0.25, 0.3) is 5.91 Å². The zero-order valence-electron chi connectivity index (χ0n) is 7.72. The van der Waals surface area contributed by atoms with E-state index in [1.165, 1.54) is 16.3 Å². The number of amides is 1. The highest BCUT2D eigenvalue weighted by Gasteiger charge is 2.15. The first-order valence-corrected chi connectivity index (χ1v) is 6.08. The molecule has 0 aliphatic rings. The van der Waals surface area contributed by atoms with Gasteiger partial charge in [-0.25, -0.2) is 13.6 Å². The van der Waals surface area contributed by atoms with E-state index >= 15 is 0 Å². The number of carbonyl (C=O) groups excluding carboxylic acids is 1. The van der Waals surface area contributed by atoms with Crippen molar-refractivity contribution >= 4 is 27.3 Å². The van der Waals surface area contributed by atoms with Gasteiger partial charge in [-0.2, -0.15) is 0 Å². The van der Waals surface area contributed by atoms with Crippen LogP contribution in [0.3, 0.4) is 0 Å². The number of sulfonamides is 1. The number of carbonyl (C=O) groups is 1. The molecule has 0 saturated heterocycles. The summed E-state index contributed by atoms with van der Waals surface area (Å²) in [5, 5.41) is 6.25. The van der Waals surface area contributed by atoms with E-state index in [9.17, 15) is 13.2 Å². The lowest BCUT2D eigenvalue weighted by molar-refractivity contribution is 0.0832. The molecule has 1 amide bonds. The van der Waals surface area contributed by atoms with E-state index in [-0.39, 0.29) is 10.8 Å². The normalized spacial score (nSPS) is 11.4. The van der Waals surface area contributed by atoms with Gasteiger partial charge in [0.1, 0.15) is 0 Å². The molecule has 0 bridgehead atoms. The number of rotatable bonds is 2. The first-order chi connectivity index (χ1) is 6.32. The summed E-state index contributed by atoms with van der Waals surface area (Å²) in [4.78, 5) is 13.1. The highest BCUT2D eigenvalue weighted by Crippen LogP contribution is 2.18. The number of nitrogens with zero attached hydrogens (tertiary/aromatic N) is 1. The summed E-state index contributed by atoms with van der Waals surface area (Å²) in [6.45, 7) is 0. The van der Waals surface area contributed by atoms with Crippen LogP contribution in [0.1, 0.15) is 9.67 Å². The van der Waals surface area contributed by atoms with Crippen molar-refractivity contribution in [3.63, 3.8) is 0 Å². The molecule has 14 heavy (non-hydrogen) atoms. The fourth-order valence-electron chi connectivity index (χ4n) is 0.801. The Morgan fingerprint density at radius 2 is 2.07 bits per heavy atom. The minimum absolute atomic E-state index is 0.0206. The molecule has 1 aromatic heterocycles. The van der Waals surface area contributed by atoms with Crippen LogP contribution in [0.2, 0.25) is 0 Å². The molecule has 0 unspecified atom stereocenters. The van der Waals surface area contributed by atoms with Gasteiger partial charge in [-0.3, -0.25) is 4.79 Å². The zero-order chi connectivity index (χ0) is 10.9. The molecule has 0 fully saturated rings. The van der Waals surface area contributed by atoms with E-state index in [1.807, 2.05) is 0 Å². The van der Waals surface area contributed by atoms with E-state index < -0.39 is 10.0 Å². The number of thiophene rings is 1. The Bertz CT molecular complexity index is 447. The maximum atomic E-state index is 11.4. The summed E-state index contributed by atoms with van der Waals surface area (Å²) in [7, 11) is -0.510. The summed E-state index contributed by atoms with van der Waals surface area (Å²) in [5.74, 6) is -0.232. The largest absolute Gasteiger partial charge is 0.344 e. The number of hydrogen-bond donors (Lipinski definition) is 1. The van der Waals surface area contributed by atoms with Crippen molar-refractivity contribution in [2.45, 2.75) is 4.90 Å². The topological polar surface area (TPSA) is 80.5 Å². The molecule has 0 aliphatic carbocycles. The molecule has 0 atom stereocenters. The molecule has 0 aromatic carbocycles. The lowest BCUT2D eigenvalue weighted by Crippen LogP contribution is -2.20. The predicted octanol–water partition coefficient (Wildman–Crippen LogP) is 0.0973. The average molecular weight is 234 g/mol. The van der Waals surface area contributed by atoms with Crippen molar-refractivity contribution < 1.29 is 13.2 Å². The van der Waals surface area contributed by atoms with Gasteiger partial charge >= 0.3 is 0 Å². The Kier molecular flexibility index (Phi) is 2.93. The Morgan fingerprint density at radius 1 is 1.50 bits per heavy atom. The molecular weight excluding hydrogens is 224 g/mol. The third kappa shape index (κ3) is 2.31. The van der Waals surface area contributed by atoms with E-state index in [4.69, 9.17) is 5.14 Å². The Labute approximate surface area is 86.2 Å². The van der Waals surface area contributed by atoms with Gasteiger partial charge in [0, 0.05) is 19.5 Å². The minimum atomic E-state index is -3.70. The standard InChI is InChI=1S/C7H10N2O3S2/c1-9(2)7(10)6-3-5(4-13-6)14(8,11)12/h3-4H,1-2H3,(H2,8,11,12). The van der Waals surface area contributed by atoms with Gasteiger partial charge in [0.05, 0.1) is 9.77 Å². The SMILES string of the molecule is CN(C)C(=O)c1cc(S(N)(=O)=O)cs1. The van der Waals surface area contributed by atoms with Crippen molar-refractivity contribution in [2.24, 2.45) is 5.14 Å². The Morgan fingerprint density at radius 3 is 2.43 bits per heavy atom. The molecule has 1 rings (SSSR count). The maximum Gasteiger partial charge on any atom is 0.263 e. The zero-order valence-corrected chi connectivity index (χ0v) is 9.35.